The molecule has 0 saturated heterocycles. The van der Waals surface area contributed by atoms with Crippen molar-refractivity contribution < 1.29 is 56.9 Å². The normalized spacial score (nSPS) is 12.8. The third-order valence-corrected chi connectivity index (χ3v) is 6.77. The van der Waals surface area contributed by atoms with Gasteiger partial charge in [0.1, 0.15) is 35.9 Å². The minimum absolute atomic E-state index is 0.0575. The standard InChI is InChI=1S/C34H42O14/c1-23-17-31(35)47-29-19-25(3-5-27(23)29)45-33(37)21-43-15-13-41-11-9-39-7-8-40-10-12-42-14-16-44-22-34(38)46-26-4-6-28-24(2)18-32(36)48-30(28)20-26/h3-6,17-20,33-34,37-38H,7-16,21-22H2,1-2H3. The van der Waals surface area contributed by atoms with Crippen LogP contribution in [0.3, 0.4) is 0 Å². The van der Waals surface area contributed by atoms with Gasteiger partial charge in [-0.05, 0) is 49.2 Å². The maximum Gasteiger partial charge on any atom is 0.336 e. The zero-order chi connectivity index (χ0) is 34.1. The molecule has 4 rings (SSSR count). The van der Waals surface area contributed by atoms with E-state index in [0.29, 0.717) is 75.5 Å². The zero-order valence-electron chi connectivity index (χ0n) is 27.1. The number of hydrogen-bond acceptors (Lipinski definition) is 14. The highest BCUT2D eigenvalue weighted by atomic mass is 16.6. The number of aryl methyl sites for hydroxylation is 2. The second-order valence-electron chi connectivity index (χ2n) is 10.6. The van der Waals surface area contributed by atoms with Crippen molar-refractivity contribution in [3.8, 4) is 11.5 Å². The first-order valence-electron chi connectivity index (χ1n) is 15.5. The molecule has 2 aromatic carbocycles. The lowest BCUT2D eigenvalue weighted by Crippen LogP contribution is -2.23. The van der Waals surface area contributed by atoms with Crippen molar-refractivity contribution in [2.24, 2.45) is 0 Å². The van der Waals surface area contributed by atoms with Crippen molar-refractivity contribution >= 4 is 21.9 Å². The predicted molar refractivity (Wildman–Crippen MR) is 173 cm³/mol. The van der Waals surface area contributed by atoms with Crippen LogP contribution in [-0.2, 0) is 28.4 Å². The van der Waals surface area contributed by atoms with Crippen molar-refractivity contribution in [2.45, 2.75) is 26.4 Å². The smallest absolute Gasteiger partial charge is 0.336 e. The molecule has 14 heteroatoms. The Morgan fingerprint density at radius 2 is 0.854 bits per heavy atom. The summed E-state index contributed by atoms with van der Waals surface area (Å²) in [5.74, 6) is 0.714. The molecule has 4 aromatic rings. The third kappa shape index (κ3) is 12.6. The second kappa shape index (κ2) is 19.8. The molecule has 0 radical (unpaired) electrons. The van der Waals surface area contributed by atoms with E-state index in [-0.39, 0.29) is 26.4 Å². The van der Waals surface area contributed by atoms with Crippen molar-refractivity contribution in [3.63, 3.8) is 0 Å². The maximum absolute atomic E-state index is 11.6. The topological polar surface area (TPSA) is 175 Å². The van der Waals surface area contributed by atoms with E-state index in [1.807, 2.05) is 13.8 Å². The van der Waals surface area contributed by atoms with E-state index in [1.165, 1.54) is 12.1 Å². The van der Waals surface area contributed by atoms with Gasteiger partial charge in [-0.25, -0.2) is 9.59 Å². The molecule has 0 aliphatic rings. The van der Waals surface area contributed by atoms with Gasteiger partial charge in [-0.15, -0.1) is 0 Å². The van der Waals surface area contributed by atoms with Crippen molar-refractivity contribution in [3.05, 3.63) is 80.5 Å². The lowest BCUT2D eigenvalue weighted by molar-refractivity contribution is -0.0871. The number of benzene rings is 2. The van der Waals surface area contributed by atoms with Gasteiger partial charge in [-0.1, -0.05) is 0 Å². The molecule has 48 heavy (non-hydrogen) atoms. The number of ether oxygens (including phenoxy) is 8. The molecule has 0 aliphatic carbocycles. The summed E-state index contributed by atoms with van der Waals surface area (Å²) in [5.41, 5.74) is 1.47. The summed E-state index contributed by atoms with van der Waals surface area (Å²) < 4.78 is 53.8. The lowest BCUT2D eigenvalue weighted by Gasteiger charge is -2.14. The van der Waals surface area contributed by atoms with Crippen LogP contribution in [-0.4, -0.2) is 102 Å². The summed E-state index contributed by atoms with van der Waals surface area (Å²) in [5, 5.41) is 21.7. The van der Waals surface area contributed by atoms with Crippen LogP contribution in [0.5, 0.6) is 11.5 Å². The van der Waals surface area contributed by atoms with Gasteiger partial charge in [0.05, 0.1) is 66.1 Å². The summed E-state index contributed by atoms with van der Waals surface area (Å²) in [6.07, 6.45) is -2.39. The number of aliphatic hydroxyl groups excluding tert-OH is 2. The highest BCUT2D eigenvalue weighted by Crippen LogP contribution is 2.24. The number of aliphatic hydroxyl groups is 2. The molecular weight excluding hydrogens is 632 g/mol. The largest absolute Gasteiger partial charge is 0.462 e. The van der Waals surface area contributed by atoms with E-state index in [4.69, 9.17) is 46.7 Å². The van der Waals surface area contributed by atoms with Crippen LogP contribution in [0.4, 0.5) is 0 Å². The van der Waals surface area contributed by atoms with Crippen LogP contribution in [0.2, 0.25) is 0 Å². The Balaban J connectivity index is 0.899. The Labute approximate surface area is 276 Å². The first-order chi connectivity index (χ1) is 23.3. The Morgan fingerprint density at radius 3 is 1.21 bits per heavy atom. The first-order valence-corrected chi connectivity index (χ1v) is 15.5. The minimum atomic E-state index is -1.19. The molecule has 2 atom stereocenters. The molecule has 0 saturated carbocycles. The fourth-order valence-corrected chi connectivity index (χ4v) is 4.51. The molecule has 0 fully saturated rings. The Hall–Kier alpha value is -3.86. The van der Waals surface area contributed by atoms with Gasteiger partial charge in [-0.3, -0.25) is 0 Å². The van der Waals surface area contributed by atoms with E-state index in [9.17, 15) is 19.8 Å². The van der Waals surface area contributed by atoms with Crippen molar-refractivity contribution in [1.29, 1.82) is 0 Å². The minimum Gasteiger partial charge on any atom is -0.462 e. The second-order valence-corrected chi connectivity index (χ2v) is 10.6. The third-order valence-electron chi connectivity index (χ3n) is 6.77. The molecular formula is C34H42O14. The van der Waals surface area contributed by atoms with Crippen LogP contribution in [0.15, 0.2) is 67.0 Å². The Morgan fingerprint density at radius 1 is 0.521 bits per heavy atom. The van der Waals surface area contributed by atoms with Gasteiger partial charge in [0, 0.05) is 35.0 Å². The average Bonchev–Trinajstić information content (AvgIpc) is 3.03. The van der Waals surface area contributed by atoms with Gasteiger partial charge in [0.2, 0.25) is 12.6 Å². The first kappa shape index (κ1) is 37.0. The van der Waals surface area contributed by atoms with E-state index >= 15 is 0 Å². The molecule has 2 aromatic heterocycles. The maximum atomic E-state index is 11.6. The van der Waals surface area contributed by atoms with Crippen molar-refractivity contribution in [2.75, 3.05) is 79.3 Å². The van der Waals surface area contributed by atoms with Crippen LogP contribution in [0.1, 0.15) is 11.1 Å². The SMILES string of the molecule is Cc1cc(=O)oc2cc(OC(O)COCCOCCOCCOCCOCCOCC(O)Oc3ccc4c(C)cc(=O)oc4c3)ccc12. The van der Waals surface area contributed by atoms with Gasteiger partial charge in [-0.2, -0.15) is 0 Å². The molecule has 2 unspecified atom stereocenters. The quantitative estimate of drug-likeness (QED) is 0.0668. The van der Waals surface area contributed by atoms with Crippen LogP contribution >= 0.6 is 0 Å². The molecule has 0 amide bonds. The zero-order valence-corrected chi connectivity index (χ0v) is 27.1. The summed E-state index contributed by atoms with van der Waals surface area (Å²) >= 11 is 0. The molecule has 262 valence electrons. The summed E-state index contributed by atoms with van der Waals surface area (Å²) in [6, 6.07) is 12.8. The summed E-state index contributed by atoms with van der Waals surface area (Å²) in [4.78, 5) is 23.1. The molecule has 14 nitrogen and oxygen atoms in total. The van der Waals surface area contributed by atoms with Gasteiger partial charge >= 0.3 is 11.3 Å². The van der Waals surface area contributed by atoms with Crippen LogP contribution in [0, 0.1) is 13.8 Å². The lowest BCUT2D eigenvalue weighted by atomic mass is 10.1. The van der Waals surface area contributed by atoms with Crippen LogP contribution < -0.4 is 20.7 Å². The Bertz CT molecular complexity index is 1540. The van der Waals surface area contributed by atoms with E-state index in [2.05, 4.69) is 0 Å². The molecule has 2 heterocycles. The van der Waals surface area contributed by atoms with Gasteiger partial charge in [0.15, 0.2) is 0 Å². The molecule has 0 aliphatic heterocycles. The number of fused-ring (bicyclic) bond motifs is 2. The number of rotatable bonds is 23. The highest BCUT2D eigenvalue weighted by Gasteiger charge is 2.11. The fourth-order valence-electron chi connectivity index (χ4n) is 4.51. The van der Waals surface area contributed by atoms with E-state index < -0.39 is 23.8 Å². The van der Waals surface area contributed by atoms with Crippen molar-refractivity contribution in [1.82, 2.24) is 0 Å². The van der Waals surface area contributed by atoms with Gasteiger partial charge in [0.25, 0.3) is 0 Å². The average molecular weight is 675 g/mol. The van der Waals surface area contributed by atoms with Crippen LogP contribution in [0.25, 0.3) is 21.9 Å². The predicted octanol–water partition coefficient (Wildman–Crippen LogP) is 2.71. The summed E-state index contributed by atoms with van der Waals surface area (Å²) in [7, 11) is 0. The fraction of sp³-hybridized carbons (Fsp3) is 0.471. The molecule has 2 N–H and O–H groups in total. The Kier molecular flexibility index (Phi) is 15.3. The van der Waals surface area contributed by atoms with Gasteiger partial charge < -0.3 is 56.9 Å². The monoisotopic (exact) mass is 674 g/mol. The van der Waals surface area contributed by atoms with E-state index in [0.717, 1.165) is 21.9 Å². The number of hydrogen-bond donors (Lipinski definition) is 2. The molecule has 0 spiro atoms. The highest BCUT2D eigenvalue weighted by molar-refractivity contribution is 5.82. The molecule has 0 bridgehead atoms. The van der Waals surface area contributed by atoms with E-state index in [1.54, 1.807) is 36.4 Å². The summed E-state index contributed by atoms with van der Waals surface area (Å²) in [6.45, 7) is 7.07.